The van der Waals surface area contributed by atoms with E-state index in [0.29, 0.717) is 11.6 Å². The topological polar surface area (TPSA) is 57.3 Å². The van der Waals surface area contributed by atoms with Crippen LogP contribution in [0.15, 0.2) is 24.3 Å². The van der Waals surface area contributed by atoms with Gasteiger partial charge in [-0.25, -0.2) is 4.98 Å². The standard InChI is InChI=1S/C18H25N6O/c1-5-22-9-8-16-23(22)15-10-19-18-13(11-21(4)20-18)17(15)14(24(16)25)7-6-12(2)3/h8,10-12,14H,5-7,9H2,1-4H3/q+1. The molecule has 7 heteroatoms. The fraction of sp³-hybridized carbons (Fsp3) is 0.556. The highest BCUT2D eigenvalue weighted by Crippen LogP contribution is 2.45. The first-order valence-corrected chi connectivity index (χ1v) is 9.05. The lowest BCUT2D eigenvalue weighted by atomic mass is 9.93. The van der Waals surface area contributed by atoms with Gasteiger partial charge in [0.2, 0.25) is 0 Å². The Kier molecular flexibility index (Phi) is 3.83. The van der Waals surface area contributed by atoms with Gasteiger partial charge in [-0.3, -0.25) is 4.68 Å². The van der Waals surface area contributed by atoms with Crippen molar-refractivity contribution in [2.45, 2.75) is 39.7 Å². The van der Waals surface area contributed by atoms with Crippen molar-refractivity contribution in [2.75, 3.05) is 18.1 Å². The first-order chi connectivity index (χ1) is 12.0. The molecule has 25 heavy (non-hydrogen) atoms. The second-order valence-corrected chi connectivity index (χ2v) is 7.29. The molecule has 0 aliphatic carbocycles. The van der Waals surface area contributed by atoms with Crippen LogP contribution in [0.3, 0.4) is 0 Å². The van der Waals surface area contributed by atoms with Gasteiger partial charge in [-0.15, -0.1) is 10.0 Å². The number of nitrogens with zero attached hydrogens (tertiary/aromatic N) is 6. The maximum atomic E-state index is 13.2. The number of rotatable bonds is 4. The van der Waals surface area contributed by atoms with Crippen LogP contribution >= 0.6 is 0 Å². The molecular weight excluding hydrogens is 316 g/mol. The first-order valence-electron chi connectivity index (χ1n) is 9.05. The molecule has 4 rings (SSSR count). The summed E-state index contributed by atoms with van der Waals surface area (Å²) in [6, 6.07) is -0.189. The van der Waals surface area contributed by atoms with Crippen LogP contribution in [-0.2, 0) is 7.05 Å². The molecule has 0 fully saturated rings. The number of hydrazine groups is 1. The first kappa shape index (κ1) is 16.2. The molecule has 0 amide bonds. The molecule has 0 N–H and O–H groups in total. The van der Waals surface area contributed by atoms with Crippen molar-refractivity contribution in [3.05, 3.63) is 34.8 Å². The molecule has 0 radical (unpaired) electrons. The van der Waals surface area contributed by atoms with Crippen LogP contribution in [-0.4, -0.2) is 37.6 Å². The third kappa shape index (κ3) is 2.45. The maximum Gasteiger partial charge on any atom is 0.337 e. The van der Waals surface area contributed by atoms with Gasteiger partial charge >= 0.3 is 5.82 Å². The van der Waals surface area contributed by atoms with E-state index in [4.69, 9.17) is 0 Å². The van der Waals surface area contributed by atoms with Gasteiger partial charge in [0, 0.05) is 25.9 Å². The summed E-state index contributed by atoms with van der Waals surface area (Å²) in [5, 5.41) is 9.63. The number of hydrogen-bond donors (Lipinski definition) is 0. The van der Waals surface area contributed by atoms with E-state index in [9.17, 15) is 4.91 Å². The molecule has 2 aliphatic heterocycles. The van der Waals surface area contributed by atoms with Gasteiger partial charge in [0.25, 0.3) is 0 Å². The van der Waals surface area contributed by atoms with Crippen molar-refractivity contribution in [3.63, 3.8) is 0 Å². The molecule has 2 aromatic heterocycles. The normalized spacial score (nSPS) is 20.4. The highest BCUT2D eigenvalue weighted by molar-refractivity contribution is 5.85. The molecular formula is C18H25N6O+. The van der Waals surface area contributed by atoms with E-state index in [0.717, 1.165) is 48.4 Å². The van der Waals surface area contributed by atoms with E-state index in [-0.39, 0.29) is 6.04 Å². The number of pyridine rings is 1. The number of fused-ring (bicyclic) bond motifs is 5. The van der Waals surface area contributed by atoms with E-state index in [2.05, 4.69) is 35.9 Å². The van der Waals surface area contributed by atoms with Gasteiger partial charge in [-0.05, 0) is 30.4 Å². The molecule has 2 aromatic rings. The molecule has 0 aromatic carbocycles. The monoisotopic (exact) mass is 341 g/mol. The molecule has 1 atom stereocenters. The molecule has 1 unspecified atom stereocenters. The van der Waals surface area contributed by atoms with Crippen LogP contribution in [0.5, 0.6) is 0 Å². The molecule has 2 aliphatic rings. The van der Waals surface area contributed by atoms with Crippen LogP contribution < -0.4 is 5.01 Å². The van der Waals surface area contributed by atoms with E-state index in [1.165, 1.54) is 4.76 Å². The highest BCUT2D eigenvalue weighted by atomic mass is 16.3. The van der Waals surface area contributed by atoms with Crippen LogP contribution in [0.2, 0.25) is 0 Å². The third-order valence-electron chi connectivity index (χ3n) is 5.12. The Labute approximate surface area is 147 Å². The number of aryl methyl sites for hydroxylation is 1. The second-order valence-electron chi connectivity index (χ2n) is 7.29. The second kappa shape index (κ2) is 5.91. The van der Waals surface area contributed by atoms with Crippen molar-refractivity contribution < 1.29 is 4.76 Å². The summed E-state index contributed by atoms with van der Waals surface area (Å²) >= 11 is 0. The summed E-state index contributed by atoms with van der Waals surface area (Å²) in [6.45, 7) is 8.10. The average molecular weight is 341 g/mol. The zero-order valence-electron chi connectivity index (χ0n) is 15.3. The predicted octanol–water partition coefficient (Wildman–Crippen LogP) is 3.14. The molecule has 0 spiro atoms. The minimum atomic E-state index is -0.189. The minimum absolute atomic E-state index is 0.189. The minimum Gasteiger partial charge on any atom is -0.273 e. The van der Waals surface area contributed by atoms with Crippen molar-refractivity contribution in [3.8, 4) is 0 Å². The van der Waals surface area contributed by atoms with Gasteiger partial charge in [0.15, 0.2) is 17.4 Å². The summed E-state index contributed by atoms with van der Waals surface area (Å²) in [5.41, 5.74) is 2.79. The van der Waals surface area contributed by atoms with Crippen molar-refractivity contribution in [2.24, 2.45) is 13.0 Å². The Morgan fingerprint density at radius 1 is 1.40 bits per heavy atom. The molecule has 0 bridgehead atoms. The van der Waals surface area contributed by atoms with E-state index >= 15 is 0 Å². The highest BCUT2D eigenvalue weighted by Gasteiger charge is 2.48. The molecule has 0 saturated heterocycles. The zero-order chi connectivity index (χ0) is 17.7. The van der Waals surface area contributed by atoms with Crippen LogP contribution in [0.1, 0.15) is 45.2 Å². The van der Waals surface area contributed by atoms with E-state index in [1.807, 2.05) is 30.5 Å². The fourth-order valence-corrected chi connectivity index (χ4v) is 3.87. The lowest BCUT2D eigenvalue weighted by molar-refractivity contribution is -0.552. The number of anilines is 1. The summed E-state index contributed by atoms with van der Waals surface area (Å²) < 4.78 is 2.98. The zero-order valence-corrected chi connectivity index (χ0v) is 15.3. The van der Waals surface area contributed by atoms with Gasteiger partial charge in [-0.2, -0.15) is 5.10 Å². The average Bonchev–Trinajstić information content (AvgIpc) is 3.16. The van der Waals surface area contributed by atoms with Crippen molar-refractivity contribution in [1.29, 1.82) is 0 Å². The van der Waals surface area contributed by atoms with Crippen molar-refractivity contribution >= 4 is 16.7 Å². The SMILES string of the molecule is CCN1CC=C2N1c1cnc3nn(C)cc3c1C(CCC(C)C)[N+]2=O. The van der Waals surface area contributed by atoms with E-state index in [1.54, 1.807) is 4.68 Å². The summed E-state index contributed by atoms with van der Waals surface area (Å²) in [5.74, 6) is 1.29. The van der Waals surface area contributed by atoms with Crippen LogP contribution in [0.4, 0.5) is 5.69 Å². The third-order valence-corrected chi connectivity index (χ3v) is 5.12. The van der Waals surface area contributed by atoms with Gasteiger partial charge in [0.1, 0.15) is 0 Å². The Balaban J connectivity index is 1.91. The predicted molar refractivity (Wildman–Crippen MR) is 96.8 cm³/mol. The van der Waals surface area contributed by atoms with Gasteiger partial charge < -0.3 is 0 Å². The van der Waals surface area contributed by atoms with Gasteiger partial charge in [-0.1, -0.05) is 18.8 Å². The smallest absolute Gasteiger partial charge is 0.273 e. The quantitative estimate of drug-likeness (QED) is 0.800. The van der Waals surface area contributed by atoms with Crippen molar-refractivity contribution in [1.82, 2.24) is 19.8 Å². The lowest BCUT2D eigenvalue weighted by Crippen LogP contribution is -2.44. The summed E-state index contributed by atoms with van der Waals surface area (Å²) in [6.07, 6.45) is 7.73. The molecule has 0 saturated carbocycles. The molecule has 7 nitrogen and oxygen atoms in total. The van der Waals surface area contributed by atoms with Crippen LogP contribution in [0.25, 0.3) is 11.0 Å². The molecule has 4 heterocycles. The lowest BCUT2D eigenvalue weighted by Gasteiger charge is -2.30. The van der Waals surface area contributed by atoms with E-state index < -0.39 is 0 Å². The largest absolute Gasteiger partial charge is 0.337 e. The fourth-order valence-electron chi connectivity index (χ4n) is 3.87. The Bertz CT molecular complexity index is 868. The summed E-state index contributed by atoms with van der Waals surface area (Å²) in [7, 11) is 1.90. The molecule has 132 valence electrons. The maximum absolute atomic E-state index is 13.2. The van der Waals surface area contributed by atoms with Crippen LogP contribution in [0, 0.1) is 10.8 Å². The number of nitroso groups, excluding NO2 is 1. The number of aromatic nitrogens is 3. The summed E-state index contributed by atoms with van der Waals surface area (Å²) in [4.78, 5) is 17.8. The number of likely N-dealkylation sites (N-methyl/N-ethyl adjacent to an activating group) is 1. The Morgan fingerprint density at radius 3 is 2.92 bits per heavy atom. The van der Waals surface area contributed by atoms with Gasteiger partial charge in [0.05, 0.1) is 23.7 Å². The number of hydrogen-bond acceptors (Lipinski definition) is 5. The Hall–Kier alpha value is -2.28. The Morgan fingerprint density at radius 2 is 2.20 bits per heavy atom.